The summed E-state index contributed by atoms with van der Waals surface area (Å²) in [7, 11) is 0. The monoisotopic (exact) mass is 873 g/mol. The first-order valence-corrected chi connectivity index (χ1v) is 26.2. The van der Waals surface area contributed by atoms with Gasteiger partial charge in [-0.15, -0.1) is 0 Å². The molecule has 0 radical (unpaired) electrons. The van der Waals surface area contributed by atoms with Crippen LogP contribution in [-0.2, 0) is 29.1 Å². The van der Waals surface area contributed by atoms with E-state index in [2.05, 4.69) is 187 Å². The lowest BCUT2D eigenvalue weighted by atomic mass is 9.48. The van der Waals surface area contributed by atoms with Crippen molar-refractivity contribution in [2.24, 2.45) is 29.6 Å². The topological polar surface area (TPSA) is 6.48 Å². The molecule has 334 valence electrons. The zero-order valence-electron chi connectivity index (χ0n) is 39.6. The van der Waals surface area contributed by atoms with Crippen molar-refractivity contribution in [2.75, 3.05) is 9.80 Å². The summed E-state index contributed by atoms with van der Waals surface area (Å²) in [6.45, 7) is 4.85. The van der Waals surface area contributed by atoms with E-state index in [0.717, 1.165) is 30.6 Å². The van der Waals surface area contributed by atoms with Crippen LogP contribution in [-0.4, -0.2) is 0 Å². The molecule has 2 nitrogen and oxygen atoms in total. The maximum absolute atomic E-state index is 2.79. The summed E-state index contributed by atoms with van der Waals surface area (Å²) >= 11 is 0. The van der Waals surface area contributed by atoms with E-state index in [1.54, 1.807) is 27.8 Å². The van der Waals surface area contributed by atoms with Gasteiger partial charge in [-0.1, -0.05) is 142 Å². The van der Waals surface area contributed by atoms with Crippen LogP contribution < -0.4 is 9.80 Å². The average molecular weight is 873 g/mol. The van der Waals surface area contributed by atoms with Crippen LogP contribution in [0.25, 0.3) is 11.1 Å². The molecule has 0 saturated heterocycles. The normalized spacial score (nSPS) is 27.8. The zero-order valence-corrected chi connectivity index (χ0v) is 39.6. The van der Waals surface area contributed by atoms with E-state index in [9.17, 15) is 0 Å². The molecule has 15 rings (SSSR count). The first kappa shape index (κ1) is 40.2. The predicted molar refractivity (Wildman–Crippen MR) is 278 cm³/mol. The van der Waals surface area contributed by atoms with Gasteiger partial charge in [0.15, 0.2) is 0 Å². The van der Waals surface area contributed by atoms with Crippen molar-refractivity contribution in [1.29, 1.82) is 0 Å². The van der Waals surface area contributed by atoms with Crippen molar-refractivity contribution in [2.45, 2.75) is 114 Å². The van der Waals surface area contributed by atoms with E-state index < -0.39 is 0 Å². The van der Waals surface area contributed by atoms with Crippen LogP contribution in [0.1, 0.15) is 123 Å². The summed E-state index contributed by atoms with van der Waals surface area (Å²) in [5.41, 5.74) is 21.6. The summed E-state index contributed by atoms with van der Waals surface area (Å²) in [6.07, 6.45) is 17.2. The Labute approximate surface area is 399 Å². The van der Waals surface area contributed by atoms with Crippen LogP contribution in [0.4, 0.5) is 34.1 Å². The second kappa shape index (κ2) is 15.1. The largest absolute Gasteiger partial charge is 0.310 e. The molecule has 5 fully saturated rings. The number of hydrogen-bond acceptors (Lipinski definition) is 2. The van der Waals surface area contributed by atoms with Crippen molar-refractivity contribution in [3.63, 3.8) is 0 Å². The Kier molecular flexibility index (Phi) is 9.05. The number of fused-ring (bicyclic) bond motifs is 5. The average Bonchev–Trinajstić information content (AvgIpc) is 3.93. The SMILES string of the molecule is CC1(C)c2ccccc2-c2ccc(N(c3ccccc3)c3cccc4c3C35c6c(cccc6N(c6ccccc6)c6ccccc6C67CC8CC(CC(C8)C6)C7)CC3CCCCCC5C4)cc21. The van der Waals surface area contributed by atoms with Crippen LogP contribution in [0.3, 0.4) is 0 Å². The van der Waals surface area contributed by atoms with Crippen molar-refractivity contribution in [1.82, 2.24) is 0 Å². The van der Waals surface area contributed by atoms with Gasteiger partial charge in [0.2, 0.25) is 0 Å². The minimum absolute atomic E-state index is 0.0933. The summed E-state index contributed by atoms with van der Waals surface area (Å²) in [6, 6.07) is 64.1. The molecule has 67 heavy (non-hydrogen) atoms. The quantitative estimate of drug-likeness (QED) is 0.157. The second-order valence-corrected chi connectivity index (χ2v) is 22.9. The number of hydrogen-bond donors (Lipinski definition) is 0. The fraction of sp³-hybridized carbons (Fsp3) is 0.354. The third-order valence-electron chi connectivity index (χ3n) is 19.0. The Morgan fingerprint density at radius 1 is 0.418 bits per heavy atom. The summed E-state index contributed by atoms with van der Waals surface area (Å²) < 4.78 is 0. The first-order chi connectivity index (χ1) is 32.9. The molecule has 1 spiro atoms. The molecule has 0 heterocycles. The lowest BCUT2D eigenvalue weighted by molar-refractivity contribution is -0.00491. The molecule has 7 aromatic rings. The summed E-state index contributed by atoms with van der Waals surface area (Å²) in [5, 5.41) is 0. The third-order valence-corrected chi connectivity index (χ3v) is 19.0. The van der Waals surface area contributed by atoms with Crippen LogP contribution in [0.15, 0.2) is 164 Å². The minimum atomic E-state index is -0.139. The molecule has 8 aliphatic carbocycles. The van der Waals surface area contributed by atoms with Crippen LogP contribution >= 0.6 is 0 Å². The van der Waals surface area contributed by atoms with Gasteiger partial charge in [-0.2, -0.15) is 0 Å². The number of anilines is 6. The standard InChI is InChI=1S/C65H64N2/c1-63(2)55-27-13-12-26-53(55)54-33-32-52(39-57(54)63)66(50-22-8-4-9-23-50)59-30-16-18-46-37-48-20-6-3-7-21-49-38-47-19-17-31-60(62(47)65(48,49)61(46)59)67(51-24-10-5-11-25-51)58-29-15-14-28-56(58)64-40-43-34-44(41-64)36-45(35-43)42-64/h4-5,8-19,22-33,39,43-45,48-49H,3,6-7,20-21,34-38,40-42H2,1-2H3. The van der Waals surface area contributed by atoms with E-state index in [0.29, 0.717) is 11.8 Å². The van der Waals surface area contributed by atoms with Crippen molar-refractivity contribution in [3.05, 3.63) is 203 Å². The number of rotatable bonds is 7. The smallest absolute Gasteiger partial charge is 0.0505 e. The summed E-state index contributed by atoms with van der Waals surface area (Å²) in [5.74, 6) is 3.70. The summed E-state index contributed by atoms with van der Waals surface area (Å²) in [4.78, 5) is 5.46. The van der Waals surface area contributed by atoms with E-state index in [1.807, 2.05) is 0 Å². The highest BCUT2D eigenvalue weighted by molar-refractivity contribution is 5.89. The molecule has 5 saturated carbocycles. The van der Waals surface area contributed by atoms with E-state index >= 15 is 0 Å². The van der Waals surface area contributed by atoms with Gasteiger partial charge < -0.3 is 9.80 Å². The van der Waals surface area contributed by atoms with E-state index in [-0.39, 0.29) is 16.2 Å². The van der Waals surface area contributed by atoms with Crippen molar-refractivity contribution < 1.29 is 0 Å². The van der Waals surface area contributed by atoms with E-state index in [1.165, 1.54) is 127 Å². The molecule has 0 N–H and O–H groups in total. The lowest BCUT2D eigenvalue weighted by Gasteiger charge is -2.57. The Hall–Kier alpha value is -5.86. The number of benzene rings is 7. The van der Waals surface area contributed by atoms with Crippen molar-refractivity contribution >= 4 is 34.1 Å². The molecular formula is C65H64N2. The minimum Gasteiger partial charge on any atom is -0.310 e. The number of nitrogens with zero attached hydrogens (tertiary/aromatic N) is 2. The highest BCUT2D eigenvalue weighted by Gasteiger charge is 2.60. The molecule has 4 bridgehead atoms. The fourth-order valence-corrected chi connectivity index (χ4v) is 17.0. The molecule has 3 atom stereocenters. The van der Waals surface area contributed by atoms with Gasteiger partial charge in [-0.05, 0) is 204 Å². The van der Waals surface area contributed by atoms with Crippen LogP contribution in [0.5, 0.6) is 0 Å². The van der Waals surface area contributed by atoms with Gasteiger partial charge in [0.05, 0.1) is 11.4 Å². The first-order valence-electron chi connectivity index (χ1n) is 26.2. The molecule has 0 amide bonds. The zero-order chi connectivity index (χ0) is 44.5. The van der Waals surface area contributed by atoms with Crippen LogP contribution in [0, 0.1) is 29.6 Å². The molecule has 0 aromatic heterocycles. The van der Waals surface area contributed by atoms with E-state index in [4.69, 9.17) is 0 Å². The van der Waals surface area contributed by atoms with Crippen molar-refractivity contribution in [3.8, 4) is 11.1 Å². The van der Waals surface area contributed by atoms with Gasteiger partial charge in [0.1, 0.15) is 0 Å². The predicted octanol–water partition coefficient (Wildman–Crippen LogP) is 17.0. The maximum Gasteiger partial charge on any atom is 0.0505 e. The van der Waals surface area contributed by atoms with Gasteiger partial charge in [0.25, 0.3) is 0 Å². The Morgan fingerprint density at radius 3 is 1.55 bits per heavy atom. The fourth-order valence-electron chi connectivity index (χ4n) is 17.0. The molecule has 8 aliphatic rings. The third kappa shape index (κ3) is 5.87. The Balaban J connectivity index is 1.01. The Morgan fingerprint density at radius 2 is 0.925 bits per heavy atom. The van der Waals surface area contributed by atoms with Gasteiger partial charge in [0, 0.05) is 33.6 Å². The highest BCUT2D eigenvalue weighted by atomic mass is 15.2. The molecule has 3 unspecified atom stereocenters. The van der Waals surface area contributed by atoms with Gasteiger partial charge in [-0.3, -0.25) is 0 Å². The molecular weight excluding hydrogens is 809 g/mol. The molecule has 2 heteroatoms. The second-order valence-electron chi connectivity index (χ2n) is 22.9. The van der Waals surface area contributed by atoms with Gasteiger partial charge in [-0.25, -0.2) is 0 Å². The Bertz CT molecular complexity index is 3010. The maximum atomic E-state index is 2.79. The molecule has 0 aliphatic heterocycles. The van der Waals surface area contributed by atoms with Gasteiger partial charge >= 0.3 is 0 Å². The highest BCUT2D eigenvalue weighted by Crippen LogP contribution is 2.68. The lowest BCUT2D eigenvalue weighted by Crippen LogP contribution is -2.49. The van der Waals surface area contributed by atoms with Crippen LogP contribution in [0.2, 0.25) is 0 Å². The molecule has 7 aromatic carbocycles. The number of para-hydroxylation sites is 3.